The summed E-state index contributed by atoms with van der Waals surface area (Å²) in [5, 5.41) is 6.34. The maximum Gasteiger partial charge on any atom is 0.191 e. The minimum Gasteiger partial charge on any atom is -0.357 e. The van der Waals surface area contributed by atoms with E-state index >= 15 is 0 Å². The Morgan fingerprint density at radius 2 is 2.06 bits per heavy atom. The van der Waals surface area contributed by atoms with Gasteiger partial charge in [0, 0.05) is 13.1 Å². The van der Waals surface area contributed by atoms with Gasteiger partial charge in [0.2, 0.25) is 0 Å². The summed E-state index contributed by atoms with van der Waals surface area (Å²) >= 11 is 0. The molecule has 0 aromatic heterocycles. The number of hydrogen-bond donors (Lipinski definition) is 2. The van der Waals surface area contributed by atoms with Crippen LogP contribution in [0.5, 0.6) is 0 Å². The van der Waals surface area contributed by atoms with Gasteiger partial charge in [-0.05, 0) is 12.5 Å². The Hall–Kier alpha value is -1.77. The van der Waals surface area contributed by atoms with Gasteiger partial charge in [0.25, 0.3) is 0 Å². The van der Waals surface area contributed by atoms with E-state index in [1.54, 1.807) is 0 Å². The fraction of sp³-hybridized carbons (Fsp3) is 0.308. The fourth-order valence-corrected chi connectivity index (χ4v) is 1.26. The molecule has 0 spiro atoms. The van der Waals surface area contributed by atoms with Crippen LogP contribution in [0.15, 0.2) is 48.0 Å². The van der Waals surface area contributed by atoms with Crippen LogP contribution in [0.4, 0.5) is 0 Å². The number of nitrogens with one attached hydrogen (secondary N) is 2. The van der Waals surface area contributed by atoms with Crippen molar-refractivity contribution in [3.8, 4) is 0 Å². The zero-order chi connectivity index (χ0) is 11.6. The molecule has 0 aliphatic carbocycles. The third-order valence-electron chi connectivity index (χ3n) is 2.02. The molecule has 0 aliphatic heterocycles. The van der Waals surface area contributed by atoms with Crippen LogP contribution in [0.25, 0.3) is 0 Å². The van der Waals surface area contributed by atoms with Crippen molar-refractivity contribution in [1.29, 1.82) is 0 Å². The van der Waals surface area contributed by atoms with Crippen molar-refractivity contribution in [2.24, 2.45) is 4.99 Å². The van der Waals surface area contributed by atoms with E-state index in [4.69, 9.17) is 0 Å². The van der Waals surface area contributed by atoms with E-state index < -0.39 is 0 Å². The first kappa shape index (κ1) is 12.3. The molecule has 3 nitrogen and oxygen atoms in total. The molecule has 0 saturated carbocycles. The molecule has 0 fully saturated rings. The van der Waals surface area contributed by atoms with Gasteiger partial charge < -0.3 is 10.6 Å². The minimum atomic E-state index is 0.688. The van der Waals surface area contributed by atoms with Crippen molar-refractivity contribution in [3.05, 3.63) is 48.6 Å². The molecule has 0 radical (unpaired) electrons. The molecule has 0 saturated heterocycles. The van der Waals surface area contributed by atoms with Crippen LogP contribution in [0.2, 0.25) is 0 Å². The summed E-state index contributed by atoms with van der Waals surface area (Å²) in [6, 6.07) is 10.2. The van der Waals surface area contributed by atoms with Crippen LogP contribution in [-0.2, 0) is 6.54 Å². The Labute approximate surface area is 97.3 Å². The number of aliphatic imine (C=N–C) groups is 1. The van der Waals surface area contributed by atoms with Crippen LogP contribution < -0.4 is 10.6 Å². The molecule has 86 valence electrons. The smallest absolute Gasteiger partial charge is 0.191 e. The molecule has 0 unspecified atom stereocenters. The highest BCUT2D eigenvalue weighted by Crippen LogP contribution is 1.99. The van der Waals surface area contributed by atoms with Crippen molar-refractivity contribution in [2.45, 2.75) is 13.5 Å². The number of hydrogen-bond acceptors (Lipinski definition) is 1. The second-order valence-electron chi connectivity index (χ2n) is 3.35. The summed E-state index contributed by atoms with van der Waals surface area (Å²) in [5.74, 6) is 0.825. The predicted molar refractivity (Wildman–Crippen MR) is 69.5 cm³/mol. The van der Waals surface area contributed by atoms with Crippen molar-refractivity contribution < 1.29 is 0 Å². The highest BCUT2D eigenvalue weighted by atomic mass is 15.2. The monoisotopic (exact) mass is 217 g/mol. The molecule has 1 aromatic carbocycles. The number of rotatable bonds is 5. The third kappa shape index (κ3) is 4.64. The van der Waals surface area contributed by atoms with Crippen LogP contribution in [0.3, 0.4) is 0 Å². The van der Waals surface area contributed by atoms with E-state index in [-0.39, 0.29) is 0 Å². The zero-order valence-electron chi connectivity index (χ0n) is 9.74. The largest absolute Gasteiger partial charge is 0.357 e. The maximum absolute atomic E-state index is 4.47. The lowest BCUT2D eigenvalue weighted by atomic mass is 10.2. The zero-order valence-corrected chi connectivity index (χ0v) is 9.74. The van der Waals surface area contributed by atoms with Gasteiger partial charge in [-0.15, -0.1) is 6.58 Å². The van der Waals surface area contributed by atoms with Gasteiger partial charge in [-0.25, -0.2) is 4.99 Å². The normalized spacial score (nSPS) is 10.9. The highest BCUT2D eigenvalue weighted by molar-refractivity contribution is 5.79. The Balaban J connectivity index is 2.53. The summed E-state index contributed by atoms with van der Waals surface area (Å²) in [6.07, 6.45) is 1.81. The predicted octanol–water partition coefficient (Wildman–Crippen LogP) is 1.93. The first-order chi connectivity index (χ1) is 7.86. The van der Waals surface area contributed by atoms with Crippen LogP contribution in [0.1, 0.15) is 12.5 Å². The maximum atomic E-state index is 4.47. The highest BCUT2D eigenvalue weighted by Gasteiger charge is 1.94. The van der Waals surface area contributed by atoms with Gasteiger partial charge in [-0.3, -0.25) is 0 Å². The van der Waals surface area contributed by atoms with Crippen molar-refractivity contribution in [3.63, 3.8) is 0 Å². The van der Waals surface area contributed by atoms with Gasteiger partial charge in [0.05, 0.1) is 6.54 Å². The van der Waals surface area contributed by atoms with Gasteiger partial charge in [-0.2, -0.15) is 0 Å². The fourth-order valence-electron chi connectivity index (χ4n) is 1.26. The van der Waals surface area contributed by atoms with Crippen LogP contribution in [0, 0.1) is 0 Å². The van der Waals surface area contributed by atoms with E-state index in [0.717, 1.165) is 19.0 Å². The van der Waals surface area contributed by atoms with Crippen LogP contribution in [-0.4, -0.2) is 19.0 Å². The molecule has 0 heterocycles. The minimum absolute atomic E-state index is 0.688. The quantitative estimate of drug-likeness (QED) is 0.449. The molecular formula is C13H19N3. The SMILES string of the molecule is C=CCNC(=NCc1ccccc1)NCC. The Kier molecular flexibility index (Phi) is 5.78. The lowest BCUT2D eigenvalue weighted by molar-refractivity contribution is 0.860. The molecule has 3 heteroatoms. The molecule has 1 aromatic rings. The topological polar surface area (TPSA) is 36.4 Å². The summed E-state index contributed by atoms with van der Waals surface area (Å²) in [4.78, 5) is 4.47. The van der Waals surface area contributed by atoms with Gasteiger partial charge in [0.15, 0.2) is 5.96 Å². The van der Waals surface area contributed by atoms with Gasteiger partial charge in [-0.1, -0.05) is 36.4 Å². The molecule has 2 N–H and O–H groups in total. The van der Waals surface area contributed by atoms with E-state index in [1.165, 1.54) is 5.56 Å². The lowest BCUT2D eigenvalue weighted by Crippen LogP contribution is -2.37. The first-order valence-electron chi connectivity index (χ1n) is 5.53. The molecule has 0 amide bonds. The van der Waals surface area contributed by atoms with Gasteiger partial charge in [0.1, 0.15) is 0 Å². The summed E-state index contributed by atoms with van der Waals surface area (Å²) in [5.41, 5.74) is 1.21. The number of guanidine groups is 1. The lowest BCUT2D eigenvalue weighted by Gasteiger charge is -2.09. The van der Waals surface area contributed by atoms with Crippen molar-refractivity contribution in [1.82, 2.24) is 10.6 Å². The second kappa shape index (κ2) is 7.51. The third-order valence-corrected chi connectivity index (χ3v) is 2.02. The van der Waals surface area contributed by atoms with Crippen molar-refractivity contribution in [2.75, 3.05) is 13.1 Å². The number of benzene rings is 1. The van der Waals surface area contributed by atoms with Crippen LogP contribution >= 0.6 is 0 Å². The Morgan fingerprint density at radius 3 is 2.69 bits per heavy atom. The molecule has 0 aliphatic rings. The summed E-state index contributed by atoms with van der Waals surface area (Å²) in [6.45, 7) is 7.98. The van der Waals surface area contributed by atoms with Crippen molar-refractivity contribution >= 4 is 5.96 Å². The summed E-state index contributed by atoms with van der Waals surface area (Å²) in [7, 11) is 0. The molecule has 0 bridgehead atoms. The Bertz CT molecular complexity index is 330. The van der Waals surface area contributed by atoms with E-state index in [2.05, 4.69) is 34.3 Å². The van der Waals surface area contributed by atoms with E-state index in [0.29, 0.717) is 6.54 Å². The van der Waals surface area contributed by atoms with E-state index in [1.807, 2.05) is 31.2 Å². The standard InChI is InChI=1S/C13H19N3/c1-3-10-15-13(14-4-2)16-11-12-8-6-5-7-9-12/h3,5-9H,1,4,10-11H2,2H3,(H2,14,15,16). The van der Waals surface area contributed by atoms with Gasteiger partial charge >= 0.3 is 0 Å². The molecule has 16 heavy (non-hydrogen) atoms. The average Bonchev–Trinajstić information content (AvgIpc) is 2.34. The molecule has 0 atom stereocenters. The first-order valence-corrected chi connectivity index (χ1v) is 5.53. The molecule has 1 rings (SSSR count). The average molecular weight is 217 g/mol. The number of nitrogens with zero attached hydrogens (tertiary/aromatic N) is 1. The Morgan fingerprint density at radius 1 is 1.31 bits per heavy atom. The molecular weight excluding hydrogens is 198 g/mol. The second-order valence-corrected chi connectivity index (χ2v) is 3.35. The summed E-state index contributed by atoms with van der Waals surface area (Å²) < 4.78 is 0. The van der Waals surface area contributed by atoms with E-state index in [9.17, 15) is 0 Å².